The summed E-state index contributed by atoms with van der Waals surface area (Å²) in [6.45, 7) is 2.74. The SMILES string of the molecule is CSc1ccc(F)cc1CN1CC(Nc2ccc3cnccc3c2)C1. The Bertz CT molecular complexity index is 893. The molecule has 0 radical (unpaired) electrons. The molecule has 3 nitrogen and oxygen atoms in total. The third-order valence-electron chi connectivity index (χ3n) is 4.60. The number of fused-ring (bicyclic) bond motifs is 1. The molecule has 0 aliphatic carbocycles. The van der Waals surface area contributed by atoms with Crippen LogP contribution in [-0.2, 0) is 6.54 Å². The van der Waals surface area contributed by atoms with Gasteiger partial charge >= 0.3 is 0 Å². The number of benzene rings is 2. The average Bonchev–Trinajstić information content (AvgIpc) is 2.60. The molecule has 3 aromatic rings. The van der Waals surface area contributed by atoms with E-state index in [2.05, 4.69) is 33.4 Å². The molecule has 2 heterocycles. The zero-order chi connectivity index (χ0) is 17.2. The van der Waals surface area contributed by atoms with Gasteiger partial charge in [-0.3, -0.25) is 9.88 Å². The van der Waals surface area contributed by atoms with Gasteiger partial charge < -0.3 is 5.32 Å². The van der Waals surface area contributed by atoms with Crippen LogP contribution in [0.5, 0.6) is 0 Å². The minimum Gasteiger partial charge on any atom is -0.380 e. The van der Waals surface area contributed by atoms with Crippen molar-refractivity contribution >= 4 is 28.2 Å². The van der Waals surface area contributed by atoms with Crippen molar-refractivity contribution in [2.24, 2.45) is 0 Å². The van der Waals surface area contributed by atoms with E-state index in [4.69, 9.17) is 0 Å². The van der Waals surface area contributed by atoms with Crippen molar-refractivity contribution in [1.82, 2.24) is 9.88 Å². The van der Waals surface area contributed by atoms with Gasteiger partial charge in [-0.15, -0.1) is 11.8 Å². The van der Waals surface area contributed by atoms with Gasteiger partial charge in [-0.2, -0.15) is 0 Å². The zero-order valence-corrected chi connectivity index (χ0v) is 14.9. The van der Waals surface area contributed by atoms with E-state index < -0.39 is 0 Å². The van der Waals surface area contributed by atoms with Crippen LogP contribution in [-0.4, -0.2) is 35.3 Å². The van der Waals surface area contributed by atoms with Gasteiger partial charge in [0.05, 0.1) is 6.04 Å². The Hall–Kier alpha value is -2.11. The van der Waals surface area contributed by atoms with Gasteiger partial charge in [0, 0.05) is 48.0 Å². The van der Waals surface area contributed by atoms with E-state index in [1.54, 1.807) is 17.8 Å². The van der Waals surface area contributed by atoms with Crippen molar-refractivity contribution < 1.29 is 4.39 Å². The second-order valence-electron chi connectivity index (χ2n) is 6.43. The molecule has 5 heteroatoms. The molecule has 0 saturated carbocycles. The van der Waals surface area contributed by atoms with Crippen LogP contribution in [0.4, 0.5) is 10.1 Å². The van der Waals surface area contributed by atoms with Crippen LogP contribution < -0.4 is 5.32 Å². The largest absolute Gasteiger partial charge is 0.380 e. The highest BCUT2D eigenvalue weighted by Crippen LogP contribution is 2.26. The summed E-state index contributed by atoms with van der Waals surface area (Å²) in [5.74, 6) is -0.159. The lowest BCUT2D eigenvalue weighted by atomic mass is 10.1. The molecule has 0 spiro atoms. The summed E-state index contributed by atoms with van der Waals surface area (Å²) in [7, 11) is 0. The molecule has 128 valence electrons. The maximum atomic E-state index is 13.5. The highest BCUT2D eigenvalue weighted by molar-refractivity contribution is 7.98. The number of hydrogen-bond donors (Lipinski definition) is 1. The quantitative estimate of drug-likeness (QED) is 0.689. The Morgan fingerprint density at radius 3 is 2.88 bits per heavy atom. The zero-order valence-electron chi connectivity index (χ0n) is 14.1. The number of rotatable bonds is 5. The first kappa shape index (κ1) is 16.4. The number of nitrogens with zero attached hydrogens (tertiary/aromatic N) is 2. The molecule has 0 bridgehead atoms. The second-order valence-corrected chi connectivity index (χ2v) is 7.28. The van der Waals surface area contributed by atoms with Crippen LogP contribution in [0.15, 0.2) is 59.8 Å². The number of anilines is 1. The summed E-state index contributed by atoms with van der Waals surface area (Å²) < 4.78 is 13.5. The van der Waals surface area contributed by atoms with E-state index in [0.29, 0.717) is 6.04 Å². The van der Waals surface area contributed by atoms with Gasteiger partial charge in [0.25, 0.3) is 0 Å². The van der Waals surface area contributed by atoms with Crippen LogP contribution >= 0.6 is 11.8 Å². The van der Waals surface area contributed by atoms with Gasteiger partial charge in [-0.25, -0.2) is 4.39 Å². The van der Waals surface area contributed by atoms with Gasteiger partial charge in [-0.1, -0.05) is 6.07 Å². The van der Waals surface area contributed by atoms with Crippen LogP contribution in [0, 0.1) is 5.82 Å². The number of aromatic nitrogens is 1. The molecule has 1 fully saturated rings. The lowest BCUT2D eigenvalue weighted by Gasteiger charge is -2.40. The number of pyridine rings is 1. The van der Waals surface area contributed by atoms with Gasteiger partial charge in [0.1, 0.15) is 5.82 Å². The fourth-order valence-electron chi connectivity index (χ4n) is 3.31. The average molecular weight is 353 g/mol. The summed E-state index contributed by atoms with van der Waals surface area (Å²) in [6.07, 6.45) is 5.73. The van der Waals surface area contributed by atoms with E-state index in [1.807, 2.05) is 30.8 Å². The van der Waals surface area contributed by atoms with Crippen LogP contribution in [0.25, 0.3) is 10.8 Å². The number of halogens is 1. The Morgan fingerprint density at radius 2 is 2.04 bits per heavy atom. The highest BCUT2D eigenvalue weighted by atomic mass is 32.2. The lowest BCUT2D eigenvalue weighted by molar-refractivity contribution is 0.152. The Morgan fingerprint density at radius 1 is 1.16 bits per heavy atom. The third-order valence-corrected chi connectivity index (χ3v) is 5.44. The van der Waals surface area contributed by atoms with Crippen molar-refractivity contribution in [1.29, 1.82) is 0 Å². The third kappa shape index (κ3) is 3.62. The monoisotopic (exact) mass is 353 g/mol. The topological polar surface area (TPSA) is 28.2 Å². The minimum absolute atomic E-state index is 0.159. The fraction of sp³-hybridized carbons (Fsp3) is 0.250. The number of hydrogen-bond acceptors (Lipinski definition) is 4. The number of nitrogens with one attached hydrogen (secondary N) is 1. The van der Waals surface area contributed by atoms with Crippen molar-refractivity contribution in [2.75, 3.05) is 24.7 Å². The second kappa shape index (κ2) is 7.02. The van der Waals surface area contributed by atoms with Gasteiger partial charge in [-0.05, 0) is 53.6 Å². The molecular formula is C20H20FN3S. The van der Waals surface area contributed by atoms with Crippen molar-refractivity contribution in [3.05, 3.63) is 66.2 Å². The molecule has 1 aromatic heterocycles. The summed E-state index contributed by atoms with van der Waals surface area (Å²) in [6, 6.07) is 13.9. The van der Waals surface area contributed by atoms with Crippen molar-refractivity contribution in [3.63, 3.8) is 0 Å². The molecule has 0 atom stereocenters. The van der Waals surface area contributed by atoms with Crippen molar-refractivity contribution in [3.8, 4) is 0 Å². The van der Waals surface area contributed by atoms with E-state index >= 15 is 0 Å². The van der Waals surface area contributed by atoms with Crippen LogP contribution in [0.1, 0.15) is 5.56 Å². The molecule has 25 heavy (non-hydrogen) atoms. The normalized spacial score (nSPS) is 15.3. The highest BCUT2D eigenvalue weighted by Gasteiger charge is 2.27. The summed E-state index contributed by atoms with van der Waals surface area (Å²) in [5, 5.41) is 5.93. The smallest absolute Gasteiger partial charge is 0.123 e. The number of thioether (sulfide) groups is 1. The van der Waals surface area contributed by atoms with Crippen molar-refractivity contribution in [2.45, 2.75) is 17.5 Å². The standard InChI is InChI=1S/C20H20FN3S/c1-25-20-5-3-17(21)8-16(20)11-24-12-19(13-24)23-18-4-2-15-10-22-7-6-14(15)9-18/h2-10,19,23H,11-13H2,1H3. The van der Waals surface area contributed by atoms with Gasteiger partial charge in [0.15, 0.2) is 0 Å². The minimum atomic E-state index is -0.159. The summed E-state index contributed by atoms with van der Waals surface area (Å²) >= 11 is 1.67. The molecule has 0 amide bonds. The lowest BCUT2D eigenvalue weighted by Crippen LogP contribution is -2.54. The Kier molecular flexibility index (Phi) is 4.59. The van der Waals surface area contributed by atoms with E-state index in [9.17, 15) is 4.39 Å². The molecule has 1 N–H and O–H groups in total. The van der Waals surface area contributed by atoms with Crippen LogP contribution in [0.3, 0.4) is 0 Å². The molecule has 1 aliphatic heterocycles. The van der Waals surface area contributed by atoms with E-state index in [0.717, 1.165) is 41.2 Å². The molecule has 1 saturated heterocycles. The summed E-state index contributed by atoms with van der Waals surface area (Å²) in [4.78, 5) is 7.64. The first-order valence-electron chi connectivity index (χ1n) is 8.36. The maximum Gasteiger partial charge on any atom is 0.123 e. The first-order valence-corrected chi connectivity index (χ1v) is 9.59. The van der Waals surface area contributed by atoms with E-state index in [-0.39, 0.29) is 5.82 Å². The fourth-order valence-corrected chi connectivity index (χ4v) is 3.90. The summed E-state index contributed by atoms with van der Waals surface area (Å²) in [5.41, 5.74) is 2.21. The van der Waals surface area contributed by atoms with E-state index in [1.165, 1.54) is 11.5 Å². The number of likely N-dealkylation sites (tertiary alicyclic amines) is 1. The predicted molar refractivity (Wildman–Crippen MR) is 103 cm³/mol. The predicted octanol–water partition coefficient (Wildman–Crippen LogP) is 4.39. The molecule has 1 aliphatic rings. The molecule has 0 unspecified atom stereocenters. The Labute approximate surface area is 151 Å². The molecule has 2 aromatic carbocycles. The Balaban J connectivity index is 1.36. The molecule has 4 rings (SSSR count). The first-order chi connectivity index (χ1) is 12.2. The van der Waals surface area contributed by atoms with Crippen LogP contribution in [0.2, 0.25) is 0 Å². The molecular weight excluding hydrogens is 333 g/mol. The maximum absolute atomic E-state index is 13.5. The van der Waals surface area contributed by atoms with Gasteiger partial charge in [0.2, 0.25) is 0 Å².